The molecule has 110 heavy (non-hydrogen) atoms. The third-order valence-corrected chi connectivity index (χ3v) is 22.0. The Morgan fingerprint density at radius 3 is 0.818 bits per heavy atom. The average molecular weight is 1630 g/mol. The molecule has 0 spiro atoms. The van der Waals surface area contributed by atoms with Gasteiger partial charge in [-0.25, -0.2) is 0 Å². The molecule has 0 bridgehead atoms. The van der Waals surface area contributed by atoms with Crippen LogP contribution in [0.5, 0.6) is 23.0 Å². The number of methoxy groups -OCH3 is 4. The Hall–Kier alpha value is -11.1. The van der Waals surface area contributed by atoms with Crippen LogP contribution in [-0.2, 0) is 6.42 Å². The van der Waals surface area contributed by atoms with Crippen LogP contribution in [0.4, 0.5) is 22.7 Å². The molecule has 14 heteroatoms. The van der Waals surface area contributed by atoms with Crippen LogP contribution >= 0.6 is 38.5 Å². The van der Waals surface area contributed by atoms with Gasteiger partial charge in [-0.3, -0.25) is 20.0 Å². The van der Waals surface area contributed by atoms with Gasteiger partial charge in [0.15, 0.2) is 0 Å². The van der Waals surface area contributed by atoms with Gasteiger partial charge in [-0.05, 0) is 242 Å². The molecule has 0 aliphatic carbocycles. The lowest BCUT2D eigenvalue weighted by atomic mass is 10.0. The van der Waals surface area contributed by atoms with Gasteiger partial charge in [0.05, 0.1) is 75.5 Å². The highest BCUT2D eigenvalue weighted by Crippen LogP contribution is 2.43. The van der Waals surface area contributed by atoms with Gasteiger partial charge in [0.2, 0.25) is 0 Å². The van der Waals surface area contributed by atoms with Crippen molar-refractivity contribution in [1.29, 1.82) is 0 Å². The summed E-state index contributed by atoms with van der Waals surface area (Å²) in [5.41, 5.74) is 22.4. The number of hydrogen-bond donors (Lipinski definition) is 0. The number of rotatable bonds is 17. The number of hydrogen-bond acceptors (Lipinski definition) is 12. The van der Waals surface area contributed by atoms with E-state index in [1.54, 1.807) is 28.4 Å². The van der Waals surface area contributed by atoms with E-state index in [0.717, 1.165) is 84.7 Å². The van der Waals surface area contributed by atoms with Crippen molar-refractivity contribution < 1.29 is 18.9 Å². The van der Waals surface area contributed by atoms with Gasteiger partial charge in [-0.1, -0.05) is 222 Å². The van der Waals surface area contributed by atoms with Gasteiger partial charge in [-0.15, -0.1) is 0 Å². The third-order valence-electron chi connectivity index (χ3n) is 20.8. The molecule has 8 unspecified atom stereocenters. The number of ether oxygens (including phenoxy) is 4. The first-order chi connectivity index (χ1) is 53.6. The van der Waals surface area contributed by atoms with Crippen molar-refractivity contribution >= 4 is 84.1 Å². The van der Waals surface area contributed by atoms with E-state index in [4.69, 9.17) is 38.9 Å². The highest BCUT2D eigenvalue weighted by Gasteiger charge is 2.39. The van der Waals surface area contributed by atoms with Crippen LogP contribution in [0, 0.1) is 17.4 Å². The number of halogens is 2. The fourth-order valence-electron chi connectivity index (χ4n) is 14.7. The van der Waals surface area contributed by atoms with E-state index < -0.39 is 0 Å². The number of aliphatic imine (C=N–C) groups is 4. The van der Waals surface area contributed by atoms with Gasteiger partial charge >= 0.3 is 0 Å². The Labute approximate surface area is 671 Å². The number of para-hydroxylation sites is 2. The molecule has 16 rings (SSSR count). The fourth-order valence-corrected chi connectivity index (χ4v) is 15.4. The summed E-state index contributed by atoms with van der Waals surface area (Å²) < 4.78 is 23.6. The van der Waals surface area contributed by atoms with Crippen molar-refractivity contribution in [2.24, 2.45) is 20.0 Å². The number of nitrogens with zero attached hydrogens (tertiary/aromatic N) is 8. The SMILES string of the molecule is CCc1ccc(C2=NC(c3ccc(OC)cc3)N(c3ccccc3)C2C)cc1.COc1ccc(C2N=C(c3ccc(C)cc3)C(C)N2c2ccc(I)cc2)cc1.COc1ccc(C2N=C(c3ccc(C)cc3)C(C)N2c2ccccc2)cc1.COc1ccc(C2N=C(c3ccccc3)C(C)N2c2ccc(Br)cc2)cc1. The lowest BCUT2D eigenvalue weighted by molar-refractivity contribution is 0.414. The molecule has 12 aromatic carbocycles. The molecule has 4 aliphatic heterocycles. The summed E-state index contributed by atoms with van der Waals surface area (Å²) in [6.07, 6.45) is 0.820. The van der Waals surface area contributed by atoms with E-state index in [9.17, 15) is 0 Å². The van der Waals surface area contributed by atoms with Crippen LogP contribution in [0.1, 0.15) is 120 Å². The van der Waals surface area contributed by atoms with Gasteiger partial charge in [0.25, 0.3) is 0 Å². The molecule has 0 saturated carbocycles. The molecule has 12 nitrogen and oxygen atoms in total. The third kappa shape index (κ3) is 17.6. The largest absolute Gasteiger partial charge is 0.497 e. The van der Waals surface area contributed by atoms with Gasteiger partial charge in [0.1, 0.15) is 47.7 Å². The molecule has 4 aliphatic rings. The first-order valence-electron chi connectivity index (χ1n) is 37.5. The second-order valence-electron chi connectivity index (χ2n) is 27.8. The molecule has 8 atom stereocenters. The monoisotopic (exact) mass is 1630 g/mol. The van der Waals surface area contributed by atoms with Gasteiger partial charge < -0.3 is 38.5 Å². The summed E-state index contributed by atoms with van der Waals surface area (Å²) >= 11 is 5.88. The lowest BCUT2D eigenvalue weighted by Gasteiger charge is -2.30. The fraction of sp³-hybridized carbons (Fsp3) is 0.208. The van der Waals surface area contributed by atoms with Crippen LogP contribution in [0.25, 0.3) is 0 Å². The van der Waals surface area contributed by atoms with Crippen molar-refractivity contribution in [3.05, 3.63) is 379 Å². The maximum Gasteiger partial charge on any atom is 0.148 e. The van der Waals surface area contributed by atoms with E-state index in [1.807, 2.05) is 60.7 Å². The predicted molar refractivity (Wildman–Crippen MR) is 468 cm³/mol. The van der Waals surface area contributed by atoms with Crippen LogP contribution < -0.4 is 38.5 Å². The minimum Gasteiger partial charge on any atom is -0.497 e. The van der Waals surface area contributed by atoms with Crippen molar-refractivity contribution in [3.63, 3.8) is 0 Å². The maximum absolute atomic E-state index is 5.33. The molecule has 0 amide bonds. The lowest BCUT2D eigenvalue weighted by Crippen LogP contribution is -2.35. The zero-order chi connectivity index (χ0) is 76.8. The molecule has 0 aromatic heterocycles. The smallest absolute Gasteiger partial charge is 0.148 e. The molecular formula is C96H94BrIN8O4. The Morgan fingerprint density at radius 1 is 0.300 bits per heavy atom. The Morgan fingerprint density at radius 2 is 0.545 bits per heavy atom. The molecule has 0 fully saturated rings. The zero-order valence-electron chi connectivity index (χ0n) is 64.2. The van der Waals surface area contributed by atoms with Gasteiger partial charge in [0, 0.05) is 30.8 Å². The minimum absolute atomic E-state index is 0.0513. The van der Waals surface area contributed by atoms with Crippen LogP contribution in [0.3, 0.4) is 0 Å². The summed E-state index contributed by atoms with van der Waals surface area (Å²) in [6, 6.07) is 108. The summed E-state index contributed by atoms with van der Waals surface area (Å²) in [5.74, 6) is 3.44. The minimum atomic E-state index is -0.0673. The highest BCUT2D eigenvalue weighted by molar-refractivity contribution is 14.1. The normalized spacial score (nSPS) is 19.0. The number of aryl methyl sites for hydroxylation is 3. The van der Waals surface area contributed by atoms with Gasteiger partial charge in [-0.2, -0.15) is 0 Å². The van der Waals surface area contributed by atoms with E-state index in [1.165, 1.54) is 59.6 Å². The second-order valence-corrected chi connectivity index (χ2v) is 29.9. The predicted octanol–water partition coefficient (Wildman–Crippen LogP) is 22.9. The summed E-state index contributed by atoms with van der Waals surface area (Å²) in [4.78, 5) is 30.2. The van der Waals surface area contributed by atoms with E-state index in [0.29, 0.717) is 0 Å². The number of anilines is 4. The highest BCUT2D eigenvalue weighted by atomic mass is 127. The maximum atomic E-state index is 5.33. The molecule has 0 N–H and O–H groups in total. The molecule has 0 radical (unpaired) electrons. The molecular weight excluding hydrogens is 1540 g/mol. The van der Waals surface area contributed by atoms with Crippen molar-refractivity contribution in [3.8, 4) is 23.0 Å². The second kappa shape index (κ2) is 36.0. The first kappa shape index (κ1) is 77.1. The Kier molecular flexibility index (Phi) is 25.2. The topological polar surface area (TPSA) is 99.3 Å². The first-order valence-corrected chi connectivity index (χ1v) is 39.4. The van der Waals surface area contributed by atoms with Crippen LogP contribution in [-0.4, -0.2) is 75.5 Å². The van der Waals surface area contributed by atoms with Crippen molar-refractivity contribution in [2.45, 2.75) is 104 Å². The Bertz CT molecular complexity index is 5100. The van der Waals surface area contributed by atoms with Crippen LogP contribution in [0.2, 0.25) is 0 Å². The van der Waals surface area contributed by atoms with E-state index in [2.05, 4.69) is 355 Å². The Balaban J connectivity index is 0.000000129. The quantitative estimate of drug-likeness (QED) is 0.0832. The molecule has 12 aromatic rings. The number of benzene rings is 12. The van der Waals surface area contributed by atoms with E-state index >= 15 is 0 Å². The molecule has 4 heterocycles. The van der Waals surface area contributed by atoms with Crippen molar-refractivity contribution in [2.75, 3.05) is 48.0 Å². The molecule has 0 saturated heterocycles. The average Bonchev–Trinajstić information content (AvgIpc) is 1.64. The summed E-state index contributed by atoms with van der Waals surface area (Å²) in [6.45, 7) is 15.3. The van der Waals surface area contributed by atoms with Crippen LogP contribution in [0.15, 0.2) is 334 Å². The molecule has 556 valence electrons. The summed E-state index contributed by atoms with van der Waals surface area (Å²) in [7, 11) is 6.76. The standard InChI is InChI=1S/C25H26N2O.C24H23IN2O.C24H24N2O.C23H21BrN2O/c1-4-19-10-12-20(13-11-19)24-18(2)27(22-8-6-5-7-9-22)25(26-24)21-14-16-23(28-3)17-15-21;1-16-4-6-18(7-5-16)23-17(2)27(21-12-10-20(25)11-13-21)24(26-23)19-8-14-22(28-3)15-9-19;1-17-9-11-19(12-10-17)23-18(2)26(21-7-5-4-6-8-21)24(25-23)20-13-15-22(27-3)16-14-20;1-16-22(17-6-4-3-5-7-17)25-23(18-8-14-21(27-2)15-9-18)26(16)20-12-10-19(24)11-13-20/h5-18,25H,4H2,1-3H3;4-15,17,24H,1-3H3;4-16,18,24H,1-3H3;3-16,23H,1-2H3. The zero-order valence-corrected chi connectivity index (χ0v) is 68.0. The van der Waals surface area contributed by atoms with Crippen molar-refractivity contribution in [1.82, 2.24) is 0 Å². The van der Waals surface area contributed by atoms with E-state index in [-0.39, 0.29) is 48.8 Å². The summed E-state index contributed by atoms with van der Waals surface area (Å²) in [5, 5.41) is 0.